The van der Waals surface area contributed by atoms with Gasteiger partial charge in [-0.1, -0.05) is 33.6 Å². The quantitative estimate of drug-likeness (QED) is 0.654. The first-order valence-electron chi connectivity index (χ1n) is 6.15. The van der Waals surface area contributed by atoms with E-state index < -0.39 is 0 Å². The van der Waals surface area contributed by atoms with E-state index in [4.69, 9.17) is 0 Å². The van der Waals surface area contributed by atoms with E-state index in [1.807, 2.05) is 20.8 Å². The highest BCUT2D eigenvalue weighted by Gasteiger charge is 2.33. The van der Waals surface area contributed by atoms with Crippen LogP contribution >= 0.6 is 0 Å². The van der Waals surface area contributed by atoms with Gasteiger partial charge in [0.05, 0.1) is 5.92 Å². The Morgan fingerprint density at radius 3 is 2.13 bits per heavy atom. The van der Waals surface area contributed by atoms with Gasteiger partial charge in [-0.25, -0.2) is 0 Å². The minimum atomic E-state index is -0.326. The fourth-order valence-electron chi connectivity index (χ4n) is 2.44. The van der Waals surface area contributed by atoms with Gasteiger partial charge >= 0.3 is 0 Å². The highest BCUT2D eigenvalue weighted by atomic mass is 16.2. The Bertz CT molecular complexity index is 237. The molecular formula is C13H22O2. The number of hydrogen-bond donors (Lipinski definition) is 0. The van der Waals surface area contributed by atoms with Crippen molar-refractivity contribution in [2.24, 2.45) is 17.8 Å². The first-order valence-corrected chi connectivity index (χ1v) is 6.15. The van der Waals surface area contributed by atoms with Crippen molar-refractivity contribution in [2.45, 2.75) is 52.9 Å². The summed E-state index contributed by atoms with van der Waals surface area (Å²) in [6.45, 7) is 5.71. The summed E-state index contributed by atoms with van der Waals surface area (Å²) in [5, 5.41) is 0. The molecule has 0 aromatic carbocycles. The monoisotopic (exact) mass is 210 g/mol. The zero-order valence-corrected chi connectivity index (χ0v) is 10.1. The summed E-state index contributed by atoms with van der Waals surface area (Å²) in [4.78, 5) is 24.0. The fraction of sp³-hybridized carbons (Fsp3) is 0.846. The molecule has 15 heavy (non-hydrogen) atoms. The minimum absolute atomic E-state index is 0.0136. The number of hydrogen-bond acceptors (Lipinski definition) is 2. The summed E-state index contributed by atoms with van der Waals surface area (Å²) in [6, 6.07) is 0. The molecule has 0 spiro atoms. The third kappa shape index (κ3) is 2.90. The zero-order chi connectivity index (χ0) is 11.4. The molecule has 0 radical (unpaired) electrons. The molecule has 0 aromatic heterocycles. The van der Waals surface area contributed by atoms with E-state index in [1.165, 1.54) is 0 Å². The molecule has 86 valence electrons. The van der Waals surface area contributed by atoms with Gasteiger partial charge in [-0.3, -0.25) is 9.59 Å². The number of carbonyl (C=O) groups excluding carboxylic acids is 2. The summed E-state index contributed by atoms with van der Waals surface area (Å²) in [5.74, 6) is 0.189. The van der Waals surface area contributed by atoms with Crippen LogP contribution in [0.2, 0.25) is 0 Å². The lowest BCUT2D eigenvalue weighted by atomic mass is 9.83. The first kappa shape index (κ1) is 12.4. The fourth-order valence-corrected chi connectivity index (χ4v) is 2.44. The largest absolute Gasteiger partial charge is 0.299 e. The molecular weight excluding hydrogens is 188 g/mol. The maximum Gasteiger partial charge on any atom is 0.146 e. The summed E-state index contributed by atoms with van der Waals surface area (Å²) < 4.78 is 0. The van der Waals surface area contributed by atoms with Crippen LogP contribution in [0, 0.1) is 17.8 Å². The van der Waals surface area contributed by atoms with Crippen molar-refractivity contribution < 1.29 is 9.59 Å². The molecule has 0 aromatic rings. The average molecular weight is 210 g/mol. The molecule has 1 aliphatic rings. The van der Waals surface area contributed by atoms with Gasteiger partial charge in [0, 0.05) is 11.8 Å². The van der Waals surface area contributed by atoms with Crippen molar-refractivity contribution in [1.82, 2.24) is 0 Å². The van der Waals surface area contributed by atoms with Gasteiger partial charge in [-0.2, -0.15) is 0 Å². The van der Waals surface area contributed by atoms with E-state index in [2.05, 4.69) is 0 Å². The first-order chi connectivity index (χ1) is 7.07. The molecule has 2 nitrogen and oxygen atoms in total. The van der Waals surface area contributed by atoms with Crippen molar-refractivity contribution >= 4 is 11.6 Å². The molecule has 1 rings (SSSR count). The third-order valence-corrected chi connectivity index (χ3v) is 3.42. The average Bonchev–Trinajstić information content (AvgIpc) is 2.71. The molecule has 2 heteroatoms. The van der Waals surface area contributed by atoms with Crippen LogP contribution in [0.4, 0.5) is 0 Å². The number of Topliss-reactive ketones (excluding diaryl/α,β-unsaturated/α-hetero) is 2. The maximum atomic E-state index is 12.1. The maximum absolute atomic E-state index is 12.1. The Kier molecular flexibility index (Phi) is 4.49. The van der Waals surface area contributed by atoms with Crippen molar-refractivity contribution in [3.8, 4) is 0 Å². The van der Waals surface area contributed by atoms with Gasteiger partial charge in [0.15, 0.2) is 0 Å². The number of carbonyl (C=O) groups is 2. The van der Waals surface area contributed by atoms with Crippen LogP contribution in [0.15, 0.2) is 0 Å². The molecule has 1 saturated carbocycles. The van der Waals surface area contributed by atoms with Crippen LogP contribution < -0.4 is 0 Å². The van der Waals surface area contributed by atoms with Gasteiger partial charge in [-0.15, -0.1) is 0 Å². The van der Waals surface area contributed by atoms with Crippen LogP contribution in [-0.2, 0) is 9.59 Å². The molecule has 1 fully saturated rings. The van der Waals surface area contributed by atoms with Gasteiger partial charge in [0.25, 0.3) is 0 Å². The van der Waals surface area contributed by atoms with Gasteiger partial charge < -0.3 is 0 Å². The highest BCUT2D eigenvalue weighted by Crippen LogP contribution is 2.29. The Morgan fingerprint density at radius 1 is 1.20 bits per heavy atom. The van der Waals surface area contributed by atoms with Crippen LogP contribution in [-0.4, -0.2) is 11.6 Å². The Hall–Kier alpha value is -0.660. The van der Waals surface area contributed by atoms with E-state index in [-0.39, 0.29) is 29.3 Å². The van der Waals surface area contributed by atoms with Crippen molar-refractivity contribution in [1.29, 1.82) is 0 Å². The third-order valence-electron chi connectivity index (χ3n) is 3.42. The predicted octanol–water partition coefficient (Wildman–Crippen LogP) is 3.00. The second-order valence-corrected chi connectivity index (χ2v) is 4.90. The normalized spacial score (nSPS) is 19.5. The highest BCUT2D eigenvalue weighted by molar-refractivity contribution is 6.04. The van der Waals surface area contributed by atoms with Gasteiger partial charge in [-0.05, 0) is 19.3 Å². The van der Waals surface area contributed by atoms with Crippen molar-refractivity contribution in [3.05, 3.63) is 0 Å². The molecule has 1 atom stereocenters. The van der Waals surface area contributed by atoms with Crippen molar-refractivity contribution in [2.75, 3.05) is 0 Å². The summed E-state index contributed by atoms with van der Waals surface area (Å²) in [6.07, 6.45) is 4.99. The molecule has 0 bridgehead atoms. The number of ketones is 2. The van der Waals surface area contributed by atoms with Crippen LogP contribution in [0.25, 0.3) is 0 Å². The topological polar surface area (TPSA) is 34.1 Å². The summed E-state index contributed by atoms with van der Waals surface area (Å²) >= 11 is 0. The van der Waals surface area contributed by atoms with Gasteiger partial charge in [0.2, 0.25) is 0 Å². The predicted molar refractivity (Wildman–Crippen MR) is 60.6 cm³/mol. The van der Waals surface area contributed by atoms with E-state index in [0.717, 1.165) is 25.7 Å². The lowest BCUT2D eigenvalue weighted by Gasteiger charge is -2.18. The van der Waals surface area contributed by atoms with Gasteiger partial charge in [0.1, 0.15) is 11.6 Å². The second kappa shape index (κ2) is 5.43. The minimum Gasteiger partial charge on any atom is -0.299 e. The Morgan fingerprint density at radius 2 is 1.73 bits per heavy atom. The van der Waals surface area contributed by atoms with Crippen LogP contribution in [0.3, 0.4) is 0 Å². The summed E-state index contributed by atoms with van der Waals surface area (Å²) in [7, 11) is 0. The molecule has 0 N–H and O–H groups in total. The van der Waals surface area contributed by atoms with Crippen molar-refractivity contribution in [3.63, 3.8) is 0 Å². The molecule has 0 heterocycles. The number of rotatable bonds is 5. The van der Waals surface area contributed by atoms with E-state index in [0.29, 0.717) is 6.42 Å². The SMILES string of the molecule is CCC(C(=O)C(C)C)C(=O)C1CCCC1. The van der Waals surface area contributed by atoms with E-state index in [1.54, 1.807) is 0 Å². The Balaban J connectivity index is 2.64. The molecule has 0 saturated heterocycles. The smallest absolute Gasteiger partial charge is 0.146 e. The molecule has 1 unspecified atom stereocenters. The van der Waals surface area contributed by atoms with E-state index >= 15 is 0 Å². The molecule has 1 aliphatic carbocycles. The van der Waals surface area contributed by atoms with Crippen LogP contribution in [0.5, 0.6) is 0 Å². The standard InChI is InChI=1S/C13H22O2/c1-4-11(12(14)9(2)3)13(15)10-7-5-6-8-10/h9-11H,4-8H2,1-3H3. The summed E-state index contributed by atoms with van der Waals surface area (Å²) in [5.41, 5.74) is 0. The lowest BCUT2D eigenvalue weighted by Crippen LogP contribution is -2.31. The van der Waals surface area contributed by atoms with Crippen LogP contribution in [0.1, 0.15) is 52.9 Å². The lowest BCUT2D eigenvalue weighted by molar-refractivity contribution is -0.136. The zero-order valence-electron chi connectivity index (χ0n) is 10.1. The second-order valence-electron chi connectivity index (χ2n) is 4.90. The molecule has 0 amide bonds. The Labute approximate surface area is 92.4 Å². The van der Waals surface area contributed by atoms with E-state index in [9.17, 15) is 9.59 Å². The molecule has 0 aliphatic heterocycles.